The lowest BCUT2D eigenvalue weighted by molar-refractivity contribution is 0.120. The van der Waals surface area contributed by atoms with Gasteiger partial charge in [-0.25, -0.2) is 0 Å². The van der Waals surface area contributed by atoms with E-state index in [2.05, 4.69) is 42.4 Å². The van der Waals surface area contributed by atoms with Gasteiger partial charge in [-0.1, -0.05) is 30.7 Å². The van der Waals surface area contributed by atoms with Gasteiger partial charge in [-0.2, -0.15) is 0 Å². The van der Waals surface area contributed by atoms with Gasteiger partial charge in [0, 0.05) is 11.1 Å². The van der Waals surface area contributed by atoms with Crippen molar-refractivity contribution < 1.29 is 0 Å². The van der Waals surface area contributed by atoms with Crippen molar-refractivity contribution in [1.29, 1.82) is 0 Å². The van der Waals surface area contributed by atoms with Gasteiger partial charge in [-0.3, -0.25) is 4.90 Å². The molecule has 0 amide bonds. The van der Waals surface area contributed by atoms with Crippen LogP contribution in [0.25, 0.3) is 0 Å². The predicted molar refractivity (Wildman–Crippen MR) is 78.1 cm³/mol. The lowest BCUT2D eigenvalue weighted by atomic mass is 9.85. The molecule has 0 bridgehead atoms. The zero-order valence-electron chi connectivity index (χ0n) is 11.3. The summed E-state index contributed by atoms with van der Waals surface area (Å²) in [4.78, 5) is 2.47. The Morgan fingerprint density at radius 1 is 1.44 bits per heavy atom. The van der Waals surface area contributed by atoms with E-state index in [4.69, 9.17) is 11.6 Å². The molecular formula is C15H23ClN2. The Balaban J connectivity index is 2.18. The van der Waals surface area contributed by atoms with Gasteiger partial charge in [-0.05, 0) is 63.1 Å². The minimum Gasteiger partial charge on any atom is -0.317 e. The van der Waals surface area contributed by atoms with E-state index in [1.54, 1.807) is 0 Å². The third-order valence-corrected chi connectivity index (χ3v) is 4.09. The maximum atomic E-state index is 6.13. The van der Waals surface area contributed by atoms with Crippen LogP contribution in [0.4, 0.5) is 0 Å². The van der Waals surface area contributed by atoms with Gasteiger partial charge in [0.2, 0.25) is 0 Å². The lowest BCUT2D eigenvalue weighted by Gasteiger charge is -2.39. The maximum Gasteiger partial charge on any atom is 0.0409 e. The number of likely N-dealkylation sites (tertiary alicyclic amines) is 1. The van der Waals surface area contributed by atoms with Crippen molar-refractivity contribution in [2.24, 2.45) is 5.92 Å². The Morgan fingerprint density at radius 2 is 2.28 bits per heavy atom. The normalized spacial score (nSPS) is 25.3. The molecule has 0 aromatic heterocycles. The zero-order chi connectivity index (χ0) is 13.0. The summed E-state index contributed by atoms with van der Waals surface area (Å²) in [6.07, 6.45) is 2.60. The Morgan fingerprint density at radius 3 is 3.00 bits per heavy atom. The van der Waals surface area contributed by atoms with Gasteiger partial charge in [0.05, 0.1) is 0 Å². The molecule has 1 aliphatic heterocycles. The third kappa shape index (κ3) is 3.25. The maximum absolute atomic E-state index is 6.13. The largest absolute Gasteiger partial charge is 0.317 e. The van der Waals surface area contributed by atoms with E-state index in [0.717, 1.165) is 18.1 Å². The zero-order valence-corrected chi connectivity index (χ0v) is 12.1. The van der Waals surface area contributed by atoms with Gasteiger partial charge in [0.15, 0.2) is 0 Å². The fraction of sp³-hybridized carbons (Fsp3) is 0.600. The van der Waals surface area contributed by atoms with Gasteiger partial charge in [0.1, 0.15) is 0 Å². The van der Waals surface area contributed by atoms with Crippen molar-refractivity contribution in [1.82, 2.24) is 10.2 Å². The van der Waals surface area contributed by atoms with Crippen molar-refractivity contribution in [3.63, 3.8) is 0 Å². The Bertz CT molecular complexity index is 381. The summed E-state index contributed by atoms with van der Waals surface area (Å²) >= 11 is 6.13. The Labute approximate surface area is 115 Å². The summed E-state index contributed by atoms with van der Waals surface area (Å²) in [5.41, 5.74) is 1.35. The van der Waals surface area contributed by atoms with Crippen LogP contribution in [0.15, 0.2) is 24.3 Å². The first-order chi connectivity index (χ1) is 8.72. The van der Waals surface area contributed by atoms with Crippen molar-refractivity contribution in [2.45, 2.75) is 25.8 Å². The molecule has 1 aromatic carbocycles. The average Bonchev–Trinajstić information content (AvgIpc) is 2.36. The lowest BCUT2D eigenvalue weighted by Crippen LogP contribution is -2.40. The smallest absolute Gasteiger partial charge is 0.0409 e. The van der Waals surface area contributed by atoms with Gasteiger partial charge in [-0.15, -0.1) is 0 Å². The van der Waals surface area contributed by atoms with Gasteiger partial charge >= 0.3 is 0 Å². The first-order valence-electron chi connectivity index (χ1n) is 6.88. The molecule has 2 rings (SSSR count). The number of rotatable bonds is 4. The summed E-state index contributed by atoms with van der Waals surface area (Å²) in [7, 11) is 2.23. The van der Waals surface area contributed by atoms with E-state index in [0.29, 0.717) is 12.0 Å². The number of nitrogens with one attached hydrogen (secondary N) is 1. The van der Waals surface area contributed by atoms with E-state index < -0.39 is 0 Å². The van der Waals surface area contributed by atoms with Crippen LogP contribution in [0.1, 0.15) is 31.4 Å². The van der Waals surface area contributed by atoms with Crippen LogP contribution in [0.2, 0.25) is 5.02 Å². The van der Waals surface area contributed by atoms with Crippen LogP contribution in [-0.2, 0) is 0 Å². The minimum atomic E-state index is 0.497. The molecule has 2 nitrogen and oxygen atoms in total. The molecule has 0 saturated carbocycles. The summed E-state index contributed by atoms with van der Waals surface area (Å²) in [5.74, 6) is 0.683. The SMILES string of the molecule is CCNCC1CCCN(C)C1c1cccc(Cl)c1. The predicted octanol–water partition coefficient (Wildman–Crippen LogP) is 3.33. The first kappa shape index (κ1) is 13.9. The molecule has 1 saturated heterocycles. The number of benzene rings is 1. The average molecular weight is 267 g/mol. The summed E-state index contributed by atoms with van der Waals surface area (Å²) in [5, 5.41) is 4.33. The molecule has 2 unspecified atom stereocenters. The summed E-state index contributed by atoms with van der Waals surface area (Å²) in [6.45, 7) is 5.49. The highest BCUT2D eigenvalue weighted by molar-refractivity contribution is 6.30. The highest BCUT2D eigenvalue weighted by Crippen LogP contribution is 2.35. The van der Waals surface area contributed by atoms with Gasteiger partial charge < -0.3 is 5.32 Å². The number of halogens is 1. The van der Waals surface area contributed by atoms with Crippen LogP contribution >= 0.6 is 11.6 Å². The molecule has 1 aliphatic rings. The molecule has 1 N–H and O–H groups in total. The fourth-order valence-electron chi connectivity index (χ4n) is 3.02. The van der Waals surface area contributed by atoms with Crippen molar-refractivity contribution in [3.8, 4) is 0 Å². The second-order valence-corrected chi connectivity index (χ2v) is 5.63. The van der Waals surface area contributed by atoms with Crippen molar-refractivity contribution >= 4 is 11.6 Å². The Kier molecular flexibility index (Phi) is 5.04. The fourth-order valence-corrected chi connectivity index (χ4v) is 3.22. The molecule has 0 spiro atoms. The van der Waals surface area contributed by atoms with Crippen molar-refractivity contribution in [2.75, 3.05) is 26.7 Å². The standard InChI is InChI=1S/C15H23ClN2/c1-3-17-11-13-7-5-9-18(2)15(13)12-6-4-8-14(16)10-12/h4,6,8,10,13,15,17H,3,5,7,9,11H2,1-2H3. The number of piperidine rings is 1. The second kappa shape index (κ2) is 6.55. The van der Waals surface area contributed by atoms with Crippen molar-refractivity contribution in [3.05, 3.63) is 34.9 Å². The minimum absolute atomic E-state index is 0.497. The van der Waals surface area contributed by atoms with Crippen LogP contribution in [0.3, 0.4) is 0 Å². The molecule has 3 heteroatoms. The molecular weight excluding hydrogens is 244 g/mol. The third-order valence-electron chi connectivity index (χ3n) is 3.85. The van der Waals surface area contributed by atoms with Crippen LogP contribution < -0.4 is 5.32 Å². The van der Waals surface area contributed by atoms with E-state index in [-0.39, 0.29) is 0 Å². The van der Waals surface area contributed by atoms with E-state index in [1.165, 1.54) is 24.9 Å². The highest BCUT2D eigenvalue weighted by Gasteiger charge is 2.30. The van der Waals surface area contributed by atoms with Gasteiger partial charge in [0.25, 0.3) is 0 Å². The number of hydrogen-bond donors (Lipinski definition) is 1. The van der Waals surface area contributed by atoms with E-state index in [9.17, 15) is 0 Å². The molecule has 100 valence electrons. The highest BCUT2D eigenvalue weighted by atomic mass is 35.5. The molecule has 1 heterocycles. The monoisotopic (exact) mass is 266 g/mol. The van der Waals surface area contributed by atoms with E-state index in [1.807, 2.05) is 6.07 Å². The number of nitrogens with zero attached hydrogens (tertiary/aromatic N) is 1. The van der Waals surface area contributed by atoms with E-state index >= 15 is 0 Å². The topological polar surface area (TPSA) is 15.3 Å². The first-order valence-corrected chi connectivity index (χ1v) is 7.26. The van der Waals surface area contributed by atoms with Crippen LogP contribution in [0, 0.1) is 5.92 Å². The summed E-state index contributed by atoms with van der Waals surface area (Å²) in [6, 6.07) is 8.83. The molecule has 1 aromatic rings. The Hall–Kier alpha value is -0.570. The molecule has 0 aliphatic carbocycles. The second-order valence-electron chi connectivity index (χ2n) is 5.19. The number of hydrogen-bond acceptors (Lipinski definition) is 2. The summed E-state index contributed by atoms with van der Waals surface area (Å²) < 4.78 is 0. The van der Waals surface area contributed by atoms with Crippen LogP contribution in [-0.4, -0.2) is 31.6 Å². The van der Waals surface area contributed by atoms with Crippen LogP contribution in [0.5, 0.6) is 0 Å². The molecule has 1 fully saturated rings. The quantitative estimate of drug-likeness (QED) is 0.899. The molecule has 0 radical (unpaired) electrons. The molecule has 2 atom stereocenters. The molecule has 18 heavy (non-hydrogen) atoms.